The maximum Gasteiger partial charge on any atom is 0.230 e. The maximum absolute atomic E-state index is 11.4. The Morgan fingerprint density at radius 1 is 1.24 bits per heavy atom. The van der Waals surface area contributed by atoms with E-state index in [4.69, 9.17) is 9.47 Å². The molecule has 1 heterocycles. The molecule has 0 unspecified atom stereocenters. The summed E-state index contributed by atoms with van der Waals surface area (Å²) in [5.41, 5.74) is 0. The molecule has 1 rings (SSSR count). The third-order valence-electron chi connectivity index (χ3n) is 2.64. The molecule has 0 aliphatic carbocycles. The molecule has 0 bridgehead atoms. The van der Waals surface area contributed by atoms with Gasteiger partial charge in [0.1, 0.15) is 0 Å². The van der Waals surface area contributed by atoms with Gasteiger partial charge in [0.2, 0.25) is 5.91 Å². The standard InChI is InChI=1S/C12H21NO4/c1-3-16-12(17-4-2)6-5-7-13-9-10(14)8-11(13)15/h12H,3-9H2,1-2H3. The average Bonchev–Trinajstić information content (AvgIpc) is 2.58. The summed E-state index contributed by atoms with van der Waals surface area (Å²) in [6.07, 6.45) is 1.42. The minimum Gasteiger partial charge on any atom is -0.353 e. The molecule has 1 aliphatic heterocycles. The number of rotatable bonds is 8. The molecule has 0 spiro atoms. The van der Waals surface area contributed by atoms with Gasteiger partial charge in [-0.2, -0.15) is 0 Å². The Balaban J connectivity index is 2.21. The molecular formula is C12H21NO4. The van der Waals surface area contributed by atoms with Crippen LogP contribution >= 0.6 is 0 Å². The molecule has 98 valence electrons. The van der Waals surface area contributed by atoms with E-state index in [1.54, 1.807) is 4.90 Å². The maximum atomic E-state index is 11.4. The normalized spacial score (nSPS) is 16.3. The quantitative estimate of drug-likeness (QED) is 0.471. The lowest BCUT2D eigenvalue weighted by molar-refractivity contribution is -0.141. The number of hydrogen-bond acceptors (Lipinski definition) is 4. The van der Waals surface area contributed by atoms with E-state index in [1.807, 2.05) is 13.8 Å². The number of ketones is 1. The molecule has 0 aromatic carbocycles. The molecule has 17 heavy (non-hydrogen) atoms. The van der Waals surface area contributed by atoms with E-state index in [0.717, 1.165) is 12.8 Å². The minimum atomic E-state index is -0.196. The van der Waals surface area contributed by atoms with Gasteiger partial charge in [-0.05, 0) is 20.3 Å². The van der Waals surface area contributed by atoms with E-state index in [-0.39, 0.29) is 30.9 Å². The van der Waals surface area contributed by atoms with Crippen molar-refractivity contribution in [2.45, 2.75) is 39.4 Å². The number of amides is 1. The number of hydrogen-bond donors (Lipinski definition) is 0. The zero-order chi connectivity index (χ0) is 12.7. The van der Waals surface area contributed by atoms with Crippen molar-refractivity contribution in [1.82, 2.24) is 4.90 Å². The van der Waals surface area contributed by atoms with Crippen LogP contribution in [0.2, 0.25) is 0 Å². The Bertz CT molecular complexity index is 261. The summed E-state index contributed by atoms with van der Waals surface area (Å²) in [5, 5.41) is 0. The lowest BCUT2D eigenvalue weighted by atomic mass is 10.3. The molecule has 0 aromatic heterocycles. The molecule has 1 amide bonds. The first-order valence-corrected chi connectivity index (χ1v) is 6.20. The van der Waals surface area contributed by atoms with Gasteiger partial charge in [0, 0.05) is 26.2 Å². The topological polar surface area (TPSA) is 55.8 Å². The highest BCUT2D eigenvalue weighted by Crippen LogP contribution is 2.10. The third kappa shape index (κ3) is 4.83. The van der Waals surface area contributed by atoms with E-state index in [1.165, 1.54) is 0 Å². The fourth-order valence-corrected chi connectivity index (χ4v) is 1.88. The van der Waals surface area contributed by atoms with Gasteiger partial charge in [0.25, 0.3) is 0 Å². The molecule has 5 nitrogen and oxygen atoms in total. The molecule has 5 heteroatoms. The molecular weight excluding hydrogens is 222 g/mol. The largest absolute Gasteiger partial charge is 0.353 e. The lowest BCUT2D eigenvalue weighted by Crippen LogP contribution is -2.28. The fraction of sp³-hybridized carbons (Fsp3) is 0.833. The Hall–Kier alpha value is -0.940. The summed E-state index contributed by atoms with van der Waals surface area (Å²) in [6.45, 7) is 5.97. The van der Waals surface area contributed by atoms with Gasteiger partial charge in [0.15, 0.2) is 12.1 Å². The fourth-order valence-electron chi connectivity index (χ4n) is 1.88. The SMILES string of the molecule is CCOC(CCCN1CC(=O)CC1=O)OCC. The van der Waals surface area contributed by atoms with Crippen LogP contribution in [-0.4, -0.2) is 49.2 Å². The first-order chi connectivity index (χ1) is 8.17. The third-order valence-corrected chi connectivity index (χ3v) is 2.64. The Morgan fingerprint density at radius 2 is 1.88 bits per heavy atom. The number of nitrogens with zero attached hydrogens (tertiary/aromatic N) is 1. The predicted octanol–water partition coefficient (Wildman–Crippen LogP) is 0.967. The number of Topliss-reactive ketones (excluding diaryl/α,β-unsaturated/α-hetero) is 1. The number of carbonyl (C=O) groups is 2. The van der Waals surface area contributed by atoms with E-state index in [2.05, 4.69) is 0 Å². The highest BCUT2D eigenvalue weighted by Gasteiger charge is 2.26. The van der Waals surface area contributed by atoms with E-state index < -0.39 is 0 Å². The first kappa shape index (κ1) is 14.1. The van der Waals surface area contributed by atoms with Gasteiger partial charge in [-0.15, -0.1) is 0 Å². The van der Waals surface area contributed by atoms with Crippen molar-refractivity contribution in [3.8, 4) is 0 Å². The minimum absolute atomic E-state index is 0.0150. The number of carbonyl (C=O) groups excluding carboxylic acids is 2. The van der Waals surface area contributed by atoms with Crippen LogP contribution in [0.1, 0.15) is 33.1 Å². The first-order valence-electron chi connectivity index (χ1n) is 6.20. The van der Waals surface area contributed by atoms with Crippen LogP contribution in [0.3, 0.4) is 0 Å². The summed E-state index contributed by atoms with van der Waals surface area (Å²) in [6, 6.07) is 0. The van der Waals surface area contributed by atoms with Gasteiger partial charge < -0.3 is 14.4 Å². The van der Waals surface area contributed by atoms with Gasteiger partial charge in [-0.3, -0.25) is 9.59 Å². The molecule has 1 aliphatic rings. The van der Waals surface area contributed by atoms with E-state index in [9.17, 15) is 9.59 Å². The number of ether oxygens (including phenoxy) is 2. The van der Waals surface area contributed by atoms with Crippen molar-refractivity contribution in [2.75, 3.05) is 26.3 Å². The molecule has 1 fully saturated rings. The van der Waals surface area contributed by atoms with Gasteiger partial charge in [-0.1, -0.05) is 0 Å². The second-order valence-electron chi connectivity index (χ2n) is 4.01. The zero-order valence-corrected chi connectivity index (χ0v) is 10.6. The van der Waals surface area contributed by atoms with Gasteiger partial charge in [0.05, 0.1) is 13.0 Å². The van der Waals surface area contributed by atoms with Crippen molar-refractivity contribution >= 4 is 11.7 Å². The van der Waals surface area contributed by atoms with Gasteiger partial charge >= 0.3 is 0 Å². The van der Waals surface area contributed by atoms with Crippen molar-refractivity contribution < 1.29 is 19.1 Å². The van der Waals surface area contributed by atoms with Crippen LogP contribution in [0.5, 0.6) is 0 Å². The van der Waals surface area contributed by atoms with Crippen LogP contribution in [0.25, 0.3) is 0 Å². The summed E-state index contributed by atoms with van der Waals surface area (Å²) >= 11 is 0. The van der Waals surface area contributed by atoms with Crippen LogP contribution < -0.4 is 0 Å². The molecule has 0 radical (unpaired) electrons. The van der Waals surface area contributed by atoms with Gasteiger partial charge in [-0.25, -0.2) is 0 Å². The van der Waals surface area contributed by atoms with Crippen molar-refractivity contribution in [2.24, 2.45) is 0 Å². The van der Waals surface area contributed by atoms with Crippen LogP contribution in [-0.2, 0) is 19.1 Å². The second kappa shape index (κ2) is 7.40. The molecule has 1 saturated heterocycles. The summed E-state index contributed by atoms with van der Waals surface area (Å²) in [4.78, 5) is 24.0. The highest BCUT2D eigenvalue weighted by molar-refractivity contribution is 6.05. The van der Waals surface area contributed by atoms with Crippen LogP contribution in [0.4, 0.5) is 0 Å². The predicted molar refractivity (Wildman–Crippen MR) is 62.5 cm³/mol. The van der Waals surface area contributed by atoms with Crippen LogP contribution in [0.15, 0.2) is 0 Å². The second-order valence-corrected chi connectivity index (χ2v) is 4.01. The smallest absolute Gasteiger partial charge is 0.230 e. The summed E-state index contributed by atoms with van der Waals surface area (Å²) in [5.74, 6) is -0.0412. The van der Waals surface area contributed by atoms with Crippen molar-refractivity contribution in [3.63, 3.8) is 0 Å². The van der Waals surface area contributed by atoms with Crippen LogP contribution in [0, 0.1) is 0 Å². The summed E-state index contributed by atoms with van der Waals surface area (Å²) < 4.78 is 10.8. The lowest BCUT2D eigenvalue weighted by Gasteiger charge is -2.19. The van der Waals surface area contributed by atoms with Crippen molar-refractivity contribution in [3.05, 3.63) is 0 Å². The molecule has 0 N–H and O–H groups in total. The van der Waals surface area contributed by atoms with E-state index in [0.29, 0.717) is 19.8 Å². The molecule has 0 aromatic rings. The highest BCUT2D eigenvalue weighted by atomic mass is 16.7. The Kier molecular flexibility index (Phi) is 6.15. The number of likely N-dealkylation sites (tertiary alicyclic amines) is 1. The Labute approximate surface area is 102 Å². The zero-order valence-electron chi connectivity index (χ0n) is 10.6. The van der Waals surface area contributed by atoms with E-state index >= 15 is 0 Å². The average molecular weight is 243 g/mol. The molecule has 0 saturated carbocycles. The summed E-state index contributed by atoms with van der Waals surface area (Å²) in [7, 11) is 0. The monoisotopic (exact) mass is 243 g/mol. The van der Waals surface area contributed by atoms with Crippen molar-refractivity contribution in [1.29, 1.82) is 0 Å². The Morgan fingerprint density at radius 3 is 2.35 bits per heavy atom. The molecule has 0 atom stereocenters.